The number of benzene rings is 1. The van der Waals surface area contributed by atoms with Gasteiger partial charge in [-0.25, -0.2) is 0 Å². The second kappa shape index (κ2) is 9.02. The van der Waals surface area contributed by atoms with Gasteiger partial charge in [0.1, 0.15) is 11.8 Å². The third-order valence-corrected chi connectivity index (χ3v) is 6.83. The molecule has 0 unspecified atom stereocenters. The van der Waals surface area contributed by atoms with E-state index in [9.17, 15) is 22.8 Å². The van der Waals surface area contributed by atoms with Crippen molar-refractivity contribution in [1.82, 2.24) is 10.2 Å². The van der Waals surface area contributed by atoms with Gasteiger partial charge in [0, 0.05) is 13.2 Å². The quantitative estimate of drug-likeness (QED) is 0.753. The average molecular weight is 454 g/mol. The Kier molecular flexibility index (Phi) is 6.49. The number of carbonyl (C=O) groups is 2. The Balaban J connectivity index is 1.63. The summed E-state index contributed by atoms with van der Waals surface area (Å²) >= 11 is 0. The number of halogens is 3. The van der Waals surface area contributed by atoms with Crippen molar-refractivity contribution in [3.05, 3.63) is 35.4 Å². The zero-order chi connectivity index (χ0) is 22.9. The maximum Gasteiger partial charge on any atom is 0.417 e. The van der Waals surface area contributed by atoms with E-state index in [4.69, 9.17) is 9.47 Å². The number of alkyl halides is 3. The predicted molar refractivity (Wildman–Crippen MR) is 110 cm³/mol. The fourth-order valence-corrected chi connectivity index (χ4v) is 4.96. The van der Waals surface area contributed by atoms with Gasteiger partial charge in [0.25, 0.3) is 5.91 Å². The Hall–Kier alpha value is -2.13. The summed E-state index contributed by atoms with van der Waals surface area (Å²) in [5, 5.41) is 2.82. The largest absolute Gasteiger partial charge is 0.417 e. The number of amides is 2. The Bertz CT molecular complexity index is 846. The van der Waals surface area contributed by atoms with Crippen molar-refractivity contribution in [3.63, 3.8) is 0 Å². The number of hydrogen-bond donors (Lipinski definition) is 1. The molecule has 1 saturated carbocycles. The highest BCUT2D eigenvalue weighted by molar-refractivity contribution is 5.99. The van der Waals surface area contributed by atoms with Crippen molar-refractivity contribution in [1.29, 1.82) is 0 Å². The molecule has 1 N–H and O–H groups in total. The molecule has 3 fully saturated rings. The van der Waals surface area contributed by atoms with Gasteiger partial charge < -0.3 is 14.8 Å². The molecule has 2 heterocycles. The minimum Gasteiger partial charge on any atom is -0.376 e. The number of nitrogens with zero attached hydrogens (tertiary/aromatic N) is 1. The third-order valence-electron chi connectivity index (χ3n) is 6.83. The fourth-order valence-electron chi connectivity index (χ4n) is 4.96. The molecule has 0 aromatic heterocycles. The highest BCUT2D eigenvalue weighted by Crippen LogP contribution is 2.44. The highest BCUT2D eigenvalue weighted by atomic mass is 19.4. The molecule has 1 aliphatic carbocycles. The van der Waals surface area contributed by atoms with Gasteiger partial charge in [-0.05, 0) is 56.6 Å². The third kappa shape index (κ3) is 4.50. The van der Waals surface area contributed by atoms with Gasteiger partial charge in [0.2, 0.25) is 5.91 Å². The Morgan fingerprint density at radius 1 is 1.19 bits per heavy atom. The van der Waals surface area contributed by atoms with Crippen molar-refractivity contribution >= 4 is 11.8 Å². The summed E-state index contributed by atoms with van der Waals surface area (Å²) in [6.07, 6.45) is -0.478. The van der Waals surface area contributed by atoms with Crippen LogP contribution in [-0.2, 0) is 20.4 Å². The van der Waals surface area contributed by atoms with Crippen LogP contribution in [0.2, 0.25) is 0 Å². The van der Waals surface area contributed by atoms with E-state index in [1.807, 2.05) is 0 Å². The molecule has 2 aliphatic heterocycles. The molecule has 1 aromatic rings. The molecule has 0 bridgehead atoms. The van der Waals surface area contributed by atoms with Gasteiger partial charge >= 0.3 is 6.18 Å². The zero-order valence-corrected chi connectivity index (χ0v) is 18.1. The van der Waals surface area contributed by atoms with Gasteiger partial charge in [-0.15, -0.1) is 0 Å². The van der Waals surface area contributed by atoms with E-state index in [2.05, 4.69) is 12.2 Å². The molecule has 32 heavy (non-hydrogen) atoms. The van der Waals surface area contributed by atoms with Crippen molar-refractivity contribution < 1.29 is 32.2 Å². The summed E-state index contributed by atoms with van der Waals surface area (Å²) in [5.41, 5.74) is -2.52. The molecule has 1 aromatic carbocycles. The van der Waals surface area contributed by atoms with Crippen LogP contribution in [-0.4, -0.2) is 54.3 Å². The van der Waals surface area contributed by atoms with E-state index < -0.39 is 40.9 Å². The van der Waals surface area contributed by atoms with Crippen LogP contribution < -0.4 is 5.32 Å². The molecule has 9 heteroatoms. The Labute approximate surface area is 185 Å². The molecular formula is C23H29F3N2O4. The van der Waals surface area contributed by atoms with Crippen LogP contribution in [0.25, 0.3) is 0 Å². The second-order valence-corrected chi connectivity index (χ2v) is 9.05. The molecule has 3 aliphatic rings. The summed E-state index contributed by atoms with van der Waals surface area (Å²) in [4.78, 5) is 27.9. The van der Waals surface area contributed by atoms with E-state index in [1.54, 1.807) is 0 Å². The SMILES string of the molecule is CC1CCC2(CC1)OC[C@H](C(=O)NC[C@@H]1CCCO1)N2C(=O)c1ccccc1C(F)(F)F. The van der Waals surface area contributed by atoms with E-state index in [0.717, 1.165) is 31.7 Å². The maximum absolute atomic E-state index is 13.6. The van der Waals surface area contributed by atoms with Crippen molar-refractivity contribution in [2.75, 3.05) is 19.8 Å². The predicted octanol–water partition coefficient (Wildman–Crippen LogP) is 3.75. The number of rotatable bonds is 4. The normalized spacial score (nSPS) is 30.6. The van der Waals surface area contributed by atoms with E-state index >= 15 is 0 Å². The summed E-state index contributed by atoms with van der Waals surface area (Å²) in [7, 11) is 0. The lowest BCUT2D eigenvalue weighted by Crippen LogP contribution is -2.57. The van der Waals surface area contributed by atoms with Crippen LogP contribution >= 0.6 is 0 Å². The summed E-state index contributed by atoms with van der Waals surface area (Å²) in [5.74, 6) is -0.813. The highest BCUT2D eigenvalue weighted by Gasteiger charge is 2.54. The molecular weight excluding hydrogens is 425 g/mol. The van der Waals surface area contributed by atoms with Crippen molar-refractivity contribution in [3.8, 4) is 0 Å². The summed E-state index contributed by atoms with van der Waals surface area (Å²) < 4.78 is 52.5. The fraction of sp³-hybridized carbons (Fsp3) is 0.652. The smallest absolute Gasteiger partial charge is 0.376 e. The standard InChI is InChI=1S/C23H29F3N2O4/c1-15-8-10-22(11-9-15)28(21(30)17-6-2-3-7-18(17)23(24,25)26)19(14-32-22)20(29)27-13-16-5-4-12-31-16/h2-3,6-7,15-16,19H,4-5,8-14H2,1H3,(H,27,29)/t15?,16-,19+,22?/m0/s1. The first-order valence-corrected chi connectivity index (χ1v) is 11.2. The first-order valence-electron chi connectivity index (χ1n) is 11.2. The van der Waals surface area contributed by atoms with Crippen LogP contribution in [0.3, 0.4) is 0 Å². The minimum absolute atomic E-state index is 0.0360. The lowest BCUT2D eigenvalue weighted by molar-refractivity contribution is -0.138. The lowest BCUT2D eigenvalue weighted by atomic mass is 9.83. The first-order chi connectivity index (χ1) is 15.2. The summed E-state index contributed by atoms with van der Waals surface area (Å²) in [6, 6.07) is 3.74. The van der Waals surface area contributed by atoms with Gasteiger partial charge in [0.15, 0.2) is 0 Å². The molecule has 4 rings (SSSR count). The van der Waals surface area contributed by atoms with Crippen LogP contribution in [0.5, 0.6) is 0 Å². The molecule has 0 radical (unpaired) electrons. The number of nitrogens with one attached hydrogen (secondary N) is 1. The molecule has 2 atom stereocenters. The first kappa shape index (κ1) is 23.0. The monoisotopic (exact) mass is 454 g/mol. The van der Waals surface area contributed by atoms with Gasteiger partial charge in [-0.2, -0.15) is 13.2 Å². The topological polar surface area (TPSA) is 67.9 Å². The van der Waals surface area contributed by atoms with Crippen LogP contribution in [0, 0.1) is 5.92 Å². The van der Waals surface area contributed by atoms with Crippen LogP contribution in [0.1, 0.15) is 61.4 Å². The number of hydrogen-bond acceptors (Lipinski definition) is 4. The van der Waals surface area contributed by atoms with Crippen molar-refractivity contribution in [2.45, 2.75) is 69.5 Å². The molecule has 6 nitrogen and oxygen atoms in total. The lowest BCUT2D eigenvalue weighted by Gasteiger charge is -2.43. The van der Waals surface area contributed by atoms with E-state index in [0.29, 0.717) is 31.9 Å². The van der Waals surface area contributed by atoms with E-state index in [1.165, 1.54) is 23.1 Å². The van der Waals surface area contributed by atoms with Gasteiger partial charge in [-0.3, -0.25) is 14.5 Å². The minimum atomic E-state index is -4.68. The van der Waals surface area contributed by atoms with Gasteiger partial charge in [0.05, 0.1) is 23.8 Å². The van der Waals surface area contributed by atoms with Crippen LogP contribution in [0.15, 0.2) is 24.3 Å². The average Bonchev–Trinajstić information content (AvgIpc) is 3.41. The maximum atomic E-state index is 13.6. The zero-order valence-electron chi connectivity index (χ0n) is 18.1. The van der Waals surface area contributed by atoms with Crippen molar-refractivity contribution in [2.24, 2.45) is 5.92 Å². The Morgan fingerprint density at radius 3 is 2.56 bits per heavy atom. The Morgan fingerprint density at radius 2 is 1.91 bits per heavy atom. The number of carbonyl (C=O) groups excluding carboxylic acids is 2. The molecule has 2 saturated heterocycles. The summed E-state index contributed by atoms with van der Waals surface area (Å²) in [6.45, 7) is 3.01. The molecule has 2 amide bonds. The van der Waals surface area contributed by atoms with Crippen LogP contribution in [0.4, 0.5) is 13.2 Å². The molecule has 176 valence electrons. The second-order valence-electron chi connectivity index (χ2n) is 9.05. The molecule has 1 spiro atoms. The van der Waals surface area contributed by atoms with E-state index in [-0.39, 0.29) is 12.7 Å². The number of ether oxygens (including phenoxy) is 2. The van der Waals surface area contributed by atoms with Gasteiger partial charge in [-0.1, -0.05) is 19.1 Å².